The molecule has 0 saturated heterocycles. The van der Waals surface area contributed by atoms with Crippen LogP contribution in [0.5, 0.6) is 5.75 Å². The fraction of sp³-hybridized carbons (Fsp3) is 0.333. The summed E-state index contributed by atoms with van der Waals surface area (Å²) in [4.78, 5) is 0. The van der Waals surface area contributed by atoms with Crippen molar-refractivity contribution in [1.29, 1.82) is 0 Å². The molecule has 1 nitrogen and oxygen atoms in total. The average Bonchev–Trinajstić information content (AvgIpc) is 1.93. The van der Waals surface area contributed by atoms with Gasteiger partial charge in [-0.05, 0) is 32.4 Å². The maximum Gasteiger partial charge on any atom is 0.123 e. The minimum Gasteiger partial charge on any atom is -0.475 e. The Morgan fingerprint density at radius 1 is 1.09 bits per heavy atom. The van der Waals surface area contributed by atoms with Crippen LogP contribution in [0.25, 0.3) is 0 Å². The predicted octanol–water partition coefficient (Wildman–Crippen LogP) is 3.03. The summed E-state index contributed by atoms with van der Waals surface area (Å²) in [6, 6.07) is 8.15. The summed E-state index contributed by atoms with van der Waals surface area (Å²) in [7, 11) is -0.286. The molecule has 0 radical (unpaired) electrons. The van der Waals surface area contributed by atoms with Crippen LogP contribution in [0.15, 0.2) is 24.3 Å². The number of hydrogen-bond donors (Lipinski definition) is 0. The van der Waals surface area contributed by atoms with E-state index in [0.29, 0.717) is 0 Å². The first-order valence-corrected chi connectivity index (χ1v) is 5.76. The van der Waals surface area contributed by atoms with Crippen LogP contribution in [0.1, 0.15) is 5.56 Å². The van der Waals surface area contributed by atoms with E-state index >= 15 is 0 Å². The van der Waals surface area contributed by atoms with Gasteiger partial charge in [0.25, 0.3) is 0 Å². The van der Waals surface area contributed by atoms with Crippen LogP contribution in [0.2, 0.25) is 0 Å². The molecule has 0 saturated carbocycles. The maximum atomic E-state index is 5.53. The SMILES string of the molecule is Cc1ccc(OP(C)C)cc1. The van der Waals surface area contributed by atoms with Crippen molar-refractivity contribution in [3.8, 4) is 5.75 Å². The number of hydrogen-bond acceptors (Lipinski definition) is 1. The van der Waals surface area contributed by atoms with Crippen molar-refractivity contribution >= 4 is 8.15 Å². The molecule has 0 N–H and O–H groups in total. The van der Waals surface area contributed by atoms with Gasteiger partial charge in [0.2, 0.25) is 0 Å². The van der Waals surface area contributed by atoms with Crippen LogP contribution >= 0.6 is 8.15 Å². The first-order chi connectivity index (χ1) is 5.18. The summed E-state index contributed by atoms with van der Waals surface area (Å²) in [5, 5.41) is 0. The fourth-order valence-corrected chi connectivity index (χ4v) is 1.35. The van der Waals surface area contributed by atoms with Crippen LogP contribution in [0.3, 0.4) is 0 Å². The van der Waals surface area contributed by atoms with Crippen LogP contribution < -0.4 is 4.52 Å². The van der Waals surface area contributed by atoms with Crippen LogP contribution in [0.4, 0.5) is 0 Å². The lowest BCUT2D eigenvalue weighted by atomic mass is 10.2. The molecule has 60 valence electrons. The van der Waals surface area contributed by atoms with Gasteiger partial charge < -0.3 is 4.52 Å². The molecule has 0 aliphatic heterocycles. The number of benzene rings is 1. The van der Waals surface area contributed by atoms with Crippen molar-refractivity contribution in [2.24, 2.45) is 0 Å². The molecule has 0 fully saturated rings. The zero-order chi connectivity index (χ0) is 8.27. The highest BCUT2D eigenvalue weighted by atomic mass is 31.1. The number of rotatable bonds is 2. The Kier molecular flexibility index (Phi) is 2.90. The van der Waals surface area contributed by atoms with E-state index in [0.717, 1.165) is 5.75 Å². The predicted molar refractivity (Wildman–Crippen MR) is 50.6 cm³/mol. The van der Waals surface area contributed by atoms with Gasteiger partial charge in [-0.3, -0.25) is 0 Å². The Balaban J connectivity index is 2.66. The van der Waals surface area contributed by atoms with Gasteiger partial charge in [0, 0.05) is 0 Å². The van der Waals surface area contributed by atoms with Gasteiger partial charge in [-0.2, -0.15) is 0 Å². The Morgan fingerprint density at radius 2 is 1.64 bits per heavy atom. The average molecular weight is 168 g/mol. The topological polar surface area (TPSA) is 9.23 Å². The third-order valence-electron chi connectivity index (χ3n) is 1.31. The van der Waals surface area contributed by atoms with Gasteiger partial charge in [0.1, 0.15) is 5.75 Å². The molecule has 1 rings (SSSR count). The lowest BCUT2D eigenvalue weighted by molar-refractivity contribution is 0.623. The van der Waals surface area contributed by atoms with E-state index < -0.39 is 0 Å². The lowest BCUT2D eigenvalue weighted by Gasteiger charge is -2.08. The second-order valence-electron chi connectivity index (χ2n) is 2.72. The molecule has 2 heteroatoms. The van der Waals surface area contributed by atoms with Crippen molar-refractivity contribution in [2.45, 2.75) is 6.92 Å². The molecule has 1 aromatic rings. The molecule has 11 heavy (non-hydrogen) atoms. The van der Waals surface area contributed by atoms with Gasteiger partial charge in [-0.25, -0.2) is 0 Å². The number of aryl methyl sites for hydroxylation is 1. The summed E-state index contributed by atoms with van der Waals surface area (Å²) in [5.74, 6) is 0.978. The summed E-state index contributed by atoms with van der Waals surface area (Å²) in [6.07, 6.45) is 0. The Bertz CT molecular complexity index is 216. The third-order valence-corrected chi connectivity index (χ3v) is 1.88. The Labute approximate surface area is 69.2 Å². The highest BCUT2D eigenvalue weighted by Crippen LogP contribution is 2.29. The summed E-state index contributed by atoms with van der Waals surface area (Å²) in [6.45, 7) is 6.26. The molecular weight excluding hydrogens is 155 g/mol. The molecular formula is C9H13OP. The minimum atomic E-state index is -0.286. The highest BCUT2D eigenvalue weighted by molar-refractivity contribution is 7.51. The molecule has 0 bridgehead atoms. The third kappa shape index (κ3) is 2.90. The van der Waals surface area contributed by atoms with E-state index in [-0.39, 0.29) is 8.15 Å². The van der Waals surface area contributed by atoms with E-state index in [1.165, 1.54) is 5.56 Å². The highest BCUT2D eigenvalue weighted by Gasteiger charge is 1.94. The molecule has 0 spiro atoms. The van der Waals surface area contributed by atoms with Crippen LogP contribution in [-0.4, -0.2) is 13.3 Å². The van der Waals surface area contributed by atoms with Gasteiger partial charge in [-0.1, -0.05) is 17.7 Å². The van der Waals surface area contributed by atoms with Gasteiger partial charge in [-0.15, -0.1) is 0 Å². The normalized spacial score (nSPS) is 10.2. The molecule has 0 aromatic heterocycles. The van der Waals surface area contributed by atoms with Gasteiger partial charge in [0.05, 0.1) is 8.15 Å². The smallest absolute Gasteiger partial charge is 0.123 e. The van der Waals surface area contributed by atoms with Crippen molar-refractivity contribution in [1.82, 2.24) is 0 Å². The zero-order valence-electron chi connectivity index (χ0n) is 7.16. The van der Waals surface area contributed by atoms with Crippen LogP contribution in [0, 0.1) is 6.92 Å². The van der Waals surface area contributed by atoms with E-state index in [9.17, 15) is 0 Å². The first kappa shape index (κ1) is 8.55. The maximum absolute atomic E-state index is 5.53. The van der Waals surface area contributed by atoms with Crippen molar-refractivity contribution in [3.63, 3.8) is 0 Å². The largest absolute Gasteiger partial charge is 0.475 e. The molecule has 1 aromatic carbocycles. The van der Waals surface area contributed by atoms with E-state index in [2.05, 4.69) is 32.4 Å². The fourth-order valence-electron chi connectivity index (χ4n) is 0.810. The van der Waals surface area contributed by atoms with E-state index in [1.807, 2.05) is 12.1 Å². The lowest BCUT2D eigenvalue weighted by Crippen LogP contribution is -1.83. The van der Waals surface area contributed by atoms with Crippen molar-refractivity contribution < 1.29 is 4.52 Å². The van der Waals surface area contributed by atoms with E-state index in [4.69, 9.17) is 4.52 Å². The molecule has 0 unspecified atom stereocenters. The zero-order valence-corrected chi connectivity index (χ0v) is 8.06. The quantitative estimate of drug-likeness (QED) is 0.617. The Morgan fingerprint density at radius 3 is 2.09 bits per heavy atom. The molecule has 0 amide bonds. The summed E-state index contributed by atoms with van der Waals surface area (Å²) < 4.78 is 5.53. The van der Waals surface area contributed by atoms with Crippen molar-refractivity contribution in [3.05, 3.63) is 29.8 Å². The molecule has 0 aliphatic carbocycles. The van der Waals surface area contributed by atoms with Crippen LogP contribution in [-0.2, 0) is 0 Å². The summed E-state index contributed by atoms with van der Waals surface area (Å²) in [5.41, 5.74) is 1.27. The first-order valence-electron chi connectivity index (χ1n) is 3.60. The monoisotopic (exact) mass is 168 g/mol. The van der Waals surface area contributed by atoms with Gasteiger partial charge >= 0.3 is 0 Å². The standard InChI is InChI=1S/C9H13OP/c1-8-4-6-9(7-5-8)10-11(2)3/h4-7H,1-3H3. The summed E-state index contributed by atoms with van der Waals surface area (Å²) >= 11 is 0. The Hall–Kier alpha value is -0.550. The second-order valence-corrected chi connectivity index (χ2v) is 4.52. The molecule has 0 atom stereocenters. The van der Waals surface area contributed by atoms with Gasteiger partial charge in [0.15, 0.2) is 0 Å². The van der Waals surface area contributed by atoms with Crippen molar-refractivity contribution in [2.75, 3.05) is 13.3 Å². The molecule has 0 aliphatic rings. The second kappa shape index (κ2) is 3.73. The minimum absolute atomic E-state index is 0.286. The molecule has 0 heterocycles. The van der Waals surface area contributed by atoms with E-state index in [1.54, 1.807) is 0 Å².